The molecule has 0 aliphatic carbocycles. The summed E-state index contributed by atoms with van der Waals surface area (Å²) in [5.41, 5.74) is 2.48. The Morgan fingerprint density at radius 2 is 1.79 bits per heavy atom. The second-order valence-electron chi connectivity index (χ2n) is 7.12. The Hall–Kier alpha value is -3.22. The van der Waals surface area contributed by atoms with Gasteiger partial charge in [0.1, 0.15) is 0 Å². The quantitative estimate of drug-likeness (QED) is 0.635. The van der Waals surface area contributed by atoms with Crippen LogP contribution in [0.1, 0.15) is 37.2 Å². The van der Waals surface area contributed by atoms with Crippen molar-refractivity contribution in [2.75, 3.05) is 14.1 Å². The van der Waals surface area contributed by atoms with E-state index < -0.39 is 12.1 Å². The van der Waals surface area contributed by atoms with Gasteiger partial charge in [0.15, 0.2) is 11.8 Å². The largest absolute Gasteiger partial charge is 0.449 e. The number of pyridine rings is 1. The fourth-order valence-electron chi connectivity index (χ4n) is 2.96. The van der Waals surface area contributed by atoms with E-state index in [0.717, 1.165) is 5.56 Å². The maximum absolute atomic E-state index is 12.9. The number of benzene rings is 1. The van der Waals surface area contributed by atoms with Crippen LogP contribution in [0.4, 0.5) is 0 Å². The maximum Gasteiger partial charge on any atom is 0.339 e. The number of aromatic nitrogens is 3. The Morgan fingerprint density at radius 3 is 2.39 bits per heavy atom. The minimum absolute atomic E-state index is 0.0779. The molecule has 0 saturated heterocycles. The van der Waals surface area contributed by atoms with Gasteiger partial charge in [0, 0.05) is 25.7 Å². The first kappa shape index (κ1) is 19.5. The van der Waals surface area contributed by atoms with Crippen LogP contribution in [0.15, 0.2) is 42.6 Å². The normalized spacial score (nSPS) is 12.2. The molecule has 0 N–H and O–H groups in total. The molecule has 0 bridgehead atoms. The number of fused-ring (bicyclic) bond motifs is 1. The average Bonchev–Trinajstić information content (AvgIpc) is 3.11. The number of carbonyl (C=O) groups excluding carboxylic acids is 2. The molecule has 0 fully saturated rings. The highest BCUT2D eigenvalue weighted by atomic mass is 16.5. The van der Waals surface area contributed by atoms with Crippen LogP contribution in [-0.4, -0.2) is 51.7 Å². The van der Waals surface area contributed by atoms with Crippen molar-refractivity contribution >= 4 is 22.9 Å². The molecule has 0 unspecified atom stereocenters. The molecule has 146 valence electrons. The van der Waals surface area contributed by atoms with Gasteiger partial charge in [-0.2, -0.15) is 5.10 Å². The lowest BCUT2D eigenvalue weighted by Crippen LogP contribution is -2.34. The number of carbonyl (C=O) groups is 2. The predicted molar refractivity (Wildman–Crippen MR) is 107 cm³/mol. The summed E-state index contributed by atoms with van der Waals surface area (Å²) in [5, 5.41) is 4.99. The Morgan fingerprint density at radius 1 is 1.11 bits per heavy atom. The van der Waals surface area contributed by atoms with Gasteiger partial charge < -0.3 is 9.64 Å². The van der Waals surface area contributed by atoms with E-state index >= 15 is 0 Å². The standard InChI is InChI=1S/C21H24N4O3/c1-13(2)25-19-17(12-22-25)16(21(27)28-14(3)20(26)24(4)5)11-18(23-19)15-9-7-6-8-10-15/h6-14H,1-5H3/t14-/m0/s1. The molecule has 1 amide bonds. The number of amides is 1. The van der Waals surface area contributed by atoms with E-state index in [2.05, 4.69) is 5.10 Å². The molecule has 0 radical (unpaired) electrons. The first-order chi connectivity index (χ1) is 13.3. The summed E-state index contributed by atoms with van der Waals surface area (Å²) in [5.74, 6) is -0.851. The zero-order valence-electron chi connectivity index (χ0n) is 16.7. The summed E-state index contributed by atoms with van der Waals surface area (Å²) in [4.78, 5) is 31.1. The zero-order valence-corrected chi connectivity index (χ0v) is 16.7. The molecule has 0 aliphatic rings. The lowest BCUT2D eigenvalue weighted by Gasteiger charge is -2.17. The topological polar surface area (TPSA) is 77.3 Å². The molecule has 0 saturated carbocycles. The van der Waals surface area contributed by atoms with E-state index in [1.165, 1.54) is 4.90 Å². The molecule has 3 aromatic rings. The SMILES string of the molecule is CC(C)n1ncc2c(C(=O)O[C@@H](C)C(=O)N(C)C)cc(-c3ccccc3)nc21. The molecular weight excluding hydrogens is 356 g/mol. The number of rotatable bonds is 5. The van der Waals surface area contributed by atoms with Crippen LogP contribution in [0.5, 0.6) is 0 Å². The van der Waals surface area contributed by atoms with Gasteiger partial charge in [-0.1, -0.05) is 30.3 Å². The van der Waals surface area contributed by atoms with Crippen LogP contribution in [0, 0.1) is 0 Å². The van der Waals surface area contributed by atoms with Gasteiger partial charge in [0.05, 0.1) is 22.8 Å². The molecule has 1 aromatic carbocycles. The van der Waals surface area contributed by atoms with Gasteiger partial charge in [-0.3, -0.25) is 4.79 Å². The Bertz CT molecular complexity index is 1010. The number of likely N-dealkylation sites (N-methyl/N-ethyl adjacent to an activating group) is 1. The molecular formula is C21H24N4O3. The second-order valence-corrected chi connectivity index (χ2v) is 7.12. The lowest BCUT2D eigenvalue weighted by molar-refractivity contribution is -0.137. The molecule has 7 nitrogen and oxygen atoms in total. The zero-order chi connectivity index (χ0) is 20.4. The van der Waals surface area contributed by atoms with Gasteiger partial charge in [-0.25, -0.2) is 14.5 Å². The van der Waals surface area contributed by atoms with Crippen molar-refractivity contribution in [3.63, 3.8) is 0 Å². The van der Waals surface area contributed by atoms with Crippen molar-refractivity contribution in [2.24, 2.45) is 0 Å². The van der Waals surface area contributed by atoms with Crippen molar-refractivity contribution in [2.45, 2.75) is 32.9 Å². The highest BCUT2D eigenvalue weighted by Gasteiger charge is 2.24. The van der Waals surface area contributed by atoms with E-state index in [9.17, 15) is 9.59 Å². The first-order valence-electron chi connectivity index (χ1n) is 9.15. The predicted octanol–water partition coefficient (Wildman–Crippen LogP) is 3.31. The fraction of sp³-hybridized carbons (Fsp3) is 0.333. The van der Waals surface area contributed by atoms with E-state index in [1.54, 1.807) is 38.0 Å². The van der Waals surface area contributed by atoms with Gasteiger partial charge >= 0.3 is 5.97 Å². The maximum atomic E-state index is 12.9. The summed E-state index contributed by atoms with van der Waals surface area (Å²) < 4.78 is 7.20. The minimum atomic E-state index is -0.883. The van der Waals surface area contributed by atoms with Crippen molar-refractivity contribution in [3.05, 3.63) is 48.2 Å². The van der Waals surface area contributed by atoms with E-state index in [4.69, 9.17) is 9.72 Å². The van der Waals surface area contributed by atoms with Crippen LogP contribution in [0.3, 0.4) is 0 Å². The first-order valence-corrected chi connectivity index (χ1v) is 9.15. The number of hydrogen-bond donors (Lipinski definition) is 0. The molecule has 3 rings (SSSR count). The Kier molecular flexibility index (Phi) is 5.44. The van der Waals surface area contributed by atoms with Gasteiger partial charge in [-0.15, -0.1) is 0 Å². The number of hydrogen-bond acceptors (Lipinski definition) is 5. The summed E-state index contributed by atoms with van der Waals surface area (Å²) in [6, 6.07) is 11.4. The highest BCUT2D eigenvalue weighted by Crippen LogP contribution is 2.27. The molecule has 0 spiro atoms. The fourth-order valence-corrected chi connectivity index (χ4v) is 2.96. The average molecular weight is 380 g/mol. The minimum Gasteiger partial charge on any atom is -0.449 e. The molecule has 7 heteroatoms. The molecule has 2 heterocycles. The van der Waals surface area contributed by atoms with Gasteiger partial charge in [0.2, 0.25) is 0 Å². The van der Waals surface area contributed by atoms with Crippen LogP contribution < -0.4 is 0 Å². The van der Waals surface area contributed by atoms with Crippen LogP contribution in [0.2, 0.25) is 0 Å². The molecule has 2 aromatic heterocycles. The third-order valence-corrected chi connectivity index (χ3v) is 4.42. The van der Waals surface area contributed by atoms with Crippen molar-refractivity contribution in [3.8, 4) is 11.3 Å². The Balaban J connectivity index is 2.10. The second kappa shape index (κ2) is 7.80. The van der Waals surface area contributed by atoms with Crippen molar-refractivity contribution < 1.29 is 14.3 Å². The van der Waals surface area contributed by atoms with E-state index in [-0.39, 0.29) is 11.9 Å². The molecule has 0 aliphatic heterocycles. The smallest absolute Gasteiger partial charge is 0.339 e. The number of esters is 1. The van der Waals surface area contributed by atoms with Gasteiger partial charge in [-0.05, 0) is 26.8 Å². The summed E-state index contributed by atoms with van der Waals surface area (Å²) in [6.45, 7) is 5.56. The van der Waals surface area contributed by atoms with E-state index in [1.807, 2.05) is 44.2 Å². The molecule has 28 heavy (non-hydrogen) atoms. The summed E-state index contributed by atoms with van der Waals surface area (Å²) in [6.07, 6.45) is 0.734. The third-order valence-electron chi connectivity index (χ3n) is 4.42. The van der Waals surface area contributed by atoms with E-state index in [0.29, 0.717) is 22.3 Å². The van der Waals surface area contributed by atoms with Crippen LogP contribution in [-0.2, 0) is 9.53 Å². The van der Waals surface area contributed by atoms with Crippen molar-refractivity contribution in [1.82, 2.24) is 19.7 Å². The lowest BCUT2D eigenvalue weighted by atomic mass is 10.1. The van der Waals surface area contributed by atoms with Crippen molar-refractivity contribution in [1.29, 1.82) is 0 Å². The molecule has 1 atom stereocenters. The highest BCUT2D eigenvalue weighted by molar-refractivity contribution is 6.04. The van der Waals surface area contributed by atoms with Crippen LogP contribution in [0.25, 0.3) is 22.3 Å². The van der Waals surface area contributed by atoms with Crippen LogP contribution >= 0.6 is 0 Å². The summed E-state index contributed by atoms with van der Waals surface area (Å²) in [7, 11) is 3.25. The monoisotopic (exact) mass is 380 g/mol. The number of nitrogens with zero attached hydrogens (tertiary/aromatic N) is 4. The third kappa shape index (κ3) is 3.74. The summed E-state index contributed by atoms with van der Waals surface area (Å²) >= 11 is 0. The Labute approximate surface area is 163 Å². The van der Waals surface area contributed by atoms with Gasteiger partial charge in [0.25, 0.3) is 5.91 Å². The number of ether oxygens (including phenoxy) is 1.